The van der Waals surface area contributed by atoms with Crippen molar-refractivity contribution in [2.24, 2.45) is 0 Å². The average molecular weight is 489 g/mol. The van der Waals surface area contributed by atoms with Crippen molar-refractivity contribution in [2.45, 2.75) is 51.9 Å². The molecule has 3 rings (SSSR count). The zero-order valence-corrected chi connectivity index (χ0v) is 19.6. The summed E-state index contributed by atoms with van der Waals surface area (Å²) in [6.45, 7) is 3.41. The summed E-state index contributed by atoms with van der Waals surface area (Å²) >= 11 is 0. The Kier molecular flexibility index (Phi) is 7.41. The molecule has 0 fully saturated rings. The number of carboxylic acid groups (broad SMARTS) is 1. The normalized spacial score (nSPS) is 13.4. The van der Waals surface area contributed by atoms with Gasteiger partial charge < -0.3 is 25.4 Å². The standard InChI is InChI=1S/C22H28N6O7/c1-4-10-28(20(32)34-11-14-8-6-5-7-9-14)22(18(30)31,21(2,3)33)35-13-27-12-24-15-16(27)25-19(23)26-17(15)29/h5-9,12,33H,4,10-11,13H2,1-3H3,(H,30,31)(H3,23,25,26,29)/t22-/m0/s1. The van der Waals surface area contributed by atoms with E-state index < -0.39 is 35.7 Å². The molecule has 0 aliphatic carbocycles. The van der Waals surface area contributed by atoms with Gasteiger partial charge >= 0.3 is 12.1 Å². The third kappa shape index (κ3) is 5.10. The van der Waals surface area contributed by atoms with Gasteiger partial charge in [-0.05, 0) is 25.8 Å². The van der Waals surface area contributed by atoms with Crippen LogP contribution in [0.3, 0.4) is 0 Å². The Labute approximate surface area is 200 Å². The summed E-state index contributed by atoms with van der Waals surface area (Å²) in [6, 6.07) is 8.85. The van der Waals surface area contributed by atoms with Gasteiger partial charge in [0, 0.05) is 6.54 Å². The summed E-state index contributed by atoms with van der Waals surface area (Å²) in [5.74, 6) is -1.79. The van der Waals surface area contributed by atoms with Crippen LogP contribution in [0.5, 0.6) is 0 Å². The van der Waals surface area contributed by atoms with Crippen LogP contribution in [0.2, 0.25) is 0 Å². The summed E-state index contributed by atoms with van der Waals surface area (Å²) in [7, 11) is 0. The van der Waals surface area contributed by atoms with Gasteiger partial charge in [-0.2, -0.15) is 4.98 Å². The topological polar surface area (TPSA) is 186 Å². The summed E-state index contributed by atoms with van der Waals surface area (Å²) in [5.41, 5.74) is 1.05. The molecule has 1 atom stereocenters. The number of amides is 1. The van der Waals surface area contributed by atoms with Crippen LogP contribution in [0.1, 0.15) is 32.8 Å². The van der Waals surface area contributed by atoms with Crippen molar-refractivity contribution in [3.8, 4) is 0 Å². The molecular weight excluding hydrogens is 460 g/mol. The number of carbonyl (C=O) groups excluding carboxylic acids is 1. The number of ether oxygens (including phenoxy) is 2. The first-order valence-corrected chi connectivity index (χ1v) is 10.8. The Morgan fingerprint density at radius 1 is 1.26 bits per heavy atom. The highest BCUT2D eigenvalue weighted by Gasteiger charge is 2.59. The van der Waals surface area contributed by atoms with E-state index in [2.05, 4.69) is 15.0 Å². The minimum Gasteiger partial charge on any atom is -0.478 e. The molecular formula is C22H28N6O7. The predicted octanol–water partition coefficient (Wildman–Crippen LogP) is 1.28. The number of hydrogen-bond acceptors (Lipinski definition) is 9. The Morgan fingerprint density at radius 2 is 1.94 bits per heavy atom. The zero-order chi connectivity index (χ0) is 25.8. The first-order valence-electron chi connectivity index (χ1n) is 10.8. The van der Waals surface area contributed by atoms with Crippen LogP contribution in [-0.2, 0) is 27.6 Å². The molecule has 5 N–H and O–H groups in total. The summed E-state index contributed by atoms with van der Waals surface area (Å²) in [5, 5.41) is 21.3. The van der Waals surface area contributed by atoms with Crippen LogP contribution >= 0.6 is 0 Å². The van der Waals surface area contributed by atoms with Crippen LogP contribution in [0.15, 0.2) is 41.5 Å². The van der Waals surface area contributed by atoms with Crippen LogP contribution in [-0.4, -0.2) is 64.6 Å². The molecule has 0 radical (unpaired) electrons. The lowest BCUT2D eigenvalue weighted by Gasteiger charge is -2.45. The van der Waals surface area contributed by atoms with Gasteiger partial charge in [0.2, 0.25) is 5.95 Å². The Hall–Kier alpha value is -3.97. The van der Waals surface area contributed by atoms with Gasteiger partial charge in [-0.15, -0.1) is 0 Å². The number of H-pyrrole nitrogens is 1. The highest BCUT2D eigenvalue weighted by atomic mass is 16.6. The van der Waals surface area contributed by atoms with Crippen molar-refractivity contribution in [1.29, 1.82) is 0 Å². The number of rotatable bonds is 10. The van der Waals surface area contributed by atoms with Crippen LogP contribution in [0, 0.1) is 0 Å². The maximum Gasteiger partial charge on any atom is 0.412 e. The fourth-order valence-electron chi connectivity index (χ4n) is 3.65. The number of nitrogens with two attached hydrogens (primary N) is 1. The number of nitrogens with one attached hydrogen (secondary N) is 1. The number of imidazole rings is 1. The van der Waals surface area contributed by atoms with E-state index in [0.29, 0.717) is 12.0 Å². The molecule has 13 heteroatoms. The van der Waals surface area contributed by atoms with Gasteiger partial charge in [-0.1, -0.05) is 37.3 Å². The number of benzene rings is 1. The average Bonchev–Trinajstić information content (AvgIpc) is 3.19. The number of aromatic nitrogens is 4. The zero-order valence-electron chi connectivity index (χ0n) is 19.6. The van der Waals surface area contributed by atoms with Crippen LogP contribution in [0.4, 0.5) is 10.7 Å². The lowest BCUT2D eigenvalue weighted by molar-refractivity contribution is -0.255. The van der Waals surface area contributed by atoms with Gasteiger partial charge in [0.15, 0.2) is 11.2 Å². The maximum atomic E-state index is 13.1. The molecule has 3 aromatic rings. The third-order valence-corrected chi connectivity index (χ3v) is 5.28. The number of carbonyl (C=O) groups is 2. The first-order chi connectivity index (χ1) is 16.5. The second-order valence-corrected chi connectivity index (χ2v) is 8.31. The lowest BCUT2D eigenvalue weighted by Crippen LogP contribution is -2.69. The van der Waals surface area contributed by atoms with Crippen molar-refractivity contribution in [1.82, 2.24) is 24.4 Å². The molecule has 1 aromatic carbocycles. The second kappa shape index (κ2) is 10.1. The molecule has 0 aliphatic rings. The van der Waals surface area contributed by atoms with E-state index in [1.165, 1.54) is 24.7 Å². The molecule has 0 saturated carbocycles. The number of nitrogen functional groups attached to an aromatic ring is 1. The largest absolute Gasteiger partial charge is 0.478 e. The molecule has 0 bridgehead atoms. The van der Waals surface area contributed by atoms with E-state index >= 15 is 0 Å². The maximum absolute atomic E-state index is 13.1. The molecule has 35 heavy (non-hydrogen) atoms. The van der Waals surface area contributed by atoms with E-state index in [-0.39, 0.29) is 30.3 Å². The van der Waals surface area contributed by atoms with Gasteiger partial charge in [0.05, 0.1) is 6.33 Å². The fourth-order valence-corrected chi connectivity index (χ4v) is 3.65. The predicted molar refractivity (Wildman–Crippen MR) is 124 cm³/mol. The number of carboxylic acids is 1. The van der Waals surface area contributed by atoms with Crippen LogP contribution < -0.4 is 11.3 Å². The molecule has 1 amide bonds. The van der Waals surface area contributed by atoms with Gasteiger partial charge in [0.25, 0.3) is 11.3 Å². The molecule has 0 saturated heterocycles. The second-order valence-electron chi connectivity index (χ2n) is 8.31. The lowest BCUT2D eigenvalue weighted by atomic mass is 9.92. The minimum absolute atomic E-state index is 0.0370. The molecule has 2 heterocycles. The molecule has 0 spiro atoms. The summed E-state index contributed by atoms with van der Waals surface area (Å²) in [4.78, 5) is 48.9. The minimum atomic E-state index is -2.57. The van der Waals surface area contributed by atoms with Crippen molar-refractivity contribution < 1.29 is 29.3 Å². The van der Waals surface area contributed by atoms with E-state index in [1.54, 1.807) is 31.2 Å². The molecule has 188 valence electrons. The van der Waals surface area contributed by atoms with Crippen molar-refractivity contribution in [3.05, 3.63) is 52.6 Å². The number of aliphatic hydroxyl groups is 1. The summed E-state index contributed by atoms with van der Waals surface area (Å²) in [6.07, 6.45) is 0.562. The number of nitrogens with zero attached hydrogens (tertiary/aromatic N) is 4. The molecule has 2 aromatic heterocycles. The van der Waals surface area contributed by atoms with Crippen molar-refractivity contribution >= 4 is 29.2 Å². The number of hydrogen-bond donors (Lipinski definition) is 4. The molecule has 0 aliphatic heterocycles. The first kappa shape index (κ1) is 25.6. The Morgan fingerprint density at radius 3 is 2.54 bits per heavy atom. The SMILES string of the molecule is CCCN(C(=O)OCc1ccccc1)[C@](OCn1cnc2c(=O)[nH]c(N)nc21)(C(=O)O)C(C)(C)O. The smallest absolute Gasteiger partial charge is 0.412 e. The number of aromatic amines is 1. The number of aliphatic carboxylic acids is 1. The fraction of sp³-hybridized carbons (Fsp3) is 0.409. The summed E-state index contributed by atoms with van der Waals surface area (Å²) < 4.78 is 12.4. The quantitative estimate of drug-likeness (QED) is 0.303. The Bertz CT molecular complexity index is 1250. The van der Waals surface area contributed by atoms with E-state index in [0.717, 1.165) is 4.90 Å². The van der Waals surface area contributed by atoms with Crippen molar-refractivity contribution in [3.63, 3.8) is 0 Å². The van der Waals surface area contributed by atoms with Gasteiger partial charge in [-0.3, -0.25) is 19.2 Å². The van der Waals surface area contributed by atoms with Crippen molar-refractivity contribution in [2.75, 3.05) is 12.3 Å². The highest BCUT2D eigenvalue weighted by Crippen LogP contribution is 2.33. The Balaban J connectivity index is 1.97. The van der Waals surface area contributed by atoms with E-state index in [1.807, 2.05) is 6.07 Å². The monoisotopic (exact) mass is 488 g/mol. The number of fused-ring (bicyclic) bond motifs is 1. The van der Waals surface area contributed by atoms with E-state index in [9.17, 15) is 24.6 Å². The number of anilines is 1. The third-order valence-electron chi connectivity index (χ3n) is 5.28. The van der Waals surface area contributed by atoms with Crippen LogP contribution in [0.25, 0.3) is 11.2 Å². The van der Waals surface area contributed by atoms with E-state index in [4.69, 9.17) is 15.2 Å². The highest BCUT2D eigenvalue weighted by molar-refractivity contribution is 5.84. The molecule has 13 nitrogen and oxygen atoms in total. The van der Waals surface area contributed by atoms with Gasteiger partial charge in [0.1, 0.15) is 18.9 Å². The molecule has 0 unspecified atom stereocenters. The van der Waals surface area contributed by atoms with Gasteiger partial charge in [-0.25, -0.2) is 14.6 Å².